The molecule has 0 saturated carbocycles. The number of ketones is 1. The van der Waals surface area contributed by atoms with E-state index in [4.69, 9.17) is 11.6 Å². The Morgan fingerprint density at radius 2 is 1.76 bits per heavy atom. The van der Waals surface area contributed by atoms with E-state index in [2.05, 4.69) is 20.3 Å². The van der Waals surface area contributed by atoms with Crippen LogP contribution in [0.5, 0.6) is 0 Å². The summed E-state index contributed by atoms with van der Waals surface area (Å²) in [6, 6.07) is 19.6. The fourth-order valence-corrected chi connectivity index (χ4v) is 4.43. The fraction of sp³-hybridized carbons (Fsp3) is 0. The lowest BCUT2D eigenvalue weighted by molar-refractivity contribution is -0.115. The Hall–Kier alpha value is -3.81. The van der Waals surface area contributed by atoms with Crippen LogP contribution in [-0.2, 0) is 4.79 Å². The average Bonchev–Trinajstić information content (AvgIpc) is 3.19. The van der Waals surface area contributed by atoms with Gasteiger partial charge in [0.05, 0.1) is 26.6 Å². The molecule has 1 N–H and O–H groups in total. The number of carbonyl (C=O) groups is 2. The van der Waals surface area contributed by atoms with Crippen LogP contribution < -0.4 is 5.32 Å². The van der Waals surface area contributed by atoms with Crippen LogP contribution in [-0.4, -0.2) is 26.8 Å². The van der Waals surface area contributed by atoms with Crippen LogP contribution in [0.25, 0.3) is 17.1 Å². The number of amides is 1. The van der Waals surface area contributed by atoms with Crippen LogP contribution in [0.2, 0.25) is 5.02 Å². The van der Waals surface area contributed by atoms with Crippen molar-refractivity contribution < 1.29 is 9.59 Å². The van der Waals surface area contributed by atoms with E-state index in [-0.39, 0.29) is 16.7 Å². The highest BCUT2D eigenvalue weighted by atomic mass is 35.5. The number of aromatic nitrogens is 2. The molecule has 2 heterocycles. The molecule has 0 atom stereocenters. The van der Waals surface area contributed by atoms with E-state index in [1.165, 1.54) is 11.8 Å². The lowest BCUT2D eigenvalue weighted by Crippen LogP contribution is -2.19. The number of fused-ring (bicyclic) bond motifs is 1. The van der Waals surface area contributed by atoms with Gasteiger partial charge in [-0.1, -0.05) is 54.1 Å². The second-order valence-electron chi connectivity index (χ2n) is 7.12. The highest BCUT2D eigenvalue weighted by molar-refractivity contribution is 8.18. The van der Waals surface area contributed by atoms with Gasteiger partial charge < -0.3 is 5.32 Å². The monoisotopic (exact) mass is 470 g/mol. The molecule has 1 amide bonds. The minimum atomic E-state index is -0.259. The summed E-state index contributed by atoms with van der Waals surface area (Å²) < 4.78 is 0. The number of hydrogen-bond acceptors (Lipinski definition) is 6. The normalized spacial score (nSPS) is 15.8. The molecule has 1 saturated heterocycles. The largest absolute Gasteiger partial charge is 0.300 e. The molecule has 3 aromatic carbocycles. The third kappa shape index (κ3) is 4.41. The number of thioether (sulfide) groups is 1. The van der Waals surface area contributed by atoms with Crippen molar-refractivity contribution in [3.8, 4) is 0 Å². The minimum Gasteiger partial charge on any atom is -0.300 e. The summed E-state index contributed by atoms with van der Waals surface area (Å²) >= 11 is 7.72. The second kappa shape index (κ2) is 8.97. The van der Waals surface area contributed by atoms with Gasteiger partial charge in [-0.25, -0.2) is 4.99 Å². The zero-order chi connectivity index (χ0) is 22.8. The zero-order valence-corrected chi connectivity index (χ0v) is 18.6. The lowest BCUT2D eigenvalue weighted by atomic mass is 10.0. The molecule has 1 aliphatic rings. The molecule has 160 valence electrons. The van der Waals surface area contributed by atoms with Gasteiger partial charge in [-0.2, -0.15) is 0 Å². The summed E-state index contributed by atoms with van der Waals surface area (Å²) in [6.45, 7) is 0. The number of benzene rings is 3. The topological polar surface area (TPSA) is 84.3 Å². The van der Waals surface area contributed by atoms with Crippen molar-refractivity contribution in [3.05, 3.63) is 106 Å². The number of amidine groups is 1. The van der Waals surface area contributed by atoms with E-state index in [1.54, 1.807) is 60.9 Å². The summed E-state index contributed by atoms with van der Waals surface area (Å²) in [6.07, 6.45) is 5.03. The van der Waals surface area contributed by atoms with Gasteiger partial charge >= 0.3 is 0 Å². The SMILES string of the molecule is O=C1NC(=Nc2cccc(C(=O)c3ccccc3)c2Cl)S/C1=C/c1ccc2nccnc2c1. The van der Waals surface area contributed by atoms with E-state index in [1.807, 2.05) is 24.3 Å². The molecule has 0 unspecified atom stereocenters. The maximum Gasteiger partial charge on any atom is 0.264 e. The van der Waals surface area contributed by atoms with Gasteiger partial charge in [0.25, 0.3) is 5.91 Å². The Labute approximate surface area is 198 Å². The molecule has 4 aromatic rings. The van der Waals surface area contributed by atoms with Gasteiger partial charge in [0.15, 0.2) is 11.0 Å². The number of nitrogens with one attached hydrogen (secondary N) is 1. The molecule has 0 radical (unpaired) electrons. The summed E-state index contributed by atoms with van der Waals surface area (Å²) in [5, 5.41) is 3.37. The number of carbonyl (C=O) groups excluding carboxylic acids is 2. The zero-order valence-electron chi connectivity index (χ0n) is 17.0. The lowest BCUT2D eigenvalue weighted by Gasteiger charge is -2.06. The van der Waals surface area contributed by atoms with Crippen molar-refractivity contribution in [1.29, 1.82) is 0 Å². The van der Waals surface area contributed by atoms with Gasteiger partial charge in [0, 0.05) is 23.5 Å². The predicted octanol–water partition coefficient (Wildman–Crippen LogP) is 5.41. The predicted molar refractivity (Wildman–Crippen MR) is 132 cm³/mol. The van der Waals surface area contributed by atoms with Crippen molar-refractivity contribution in [2.75, 3.05) is 0 Å². The van der Waals surface area contributed by atoms with E-state index in [0.717, 1.165) is 16.6 Å². The number of aliphatic imine (C=N–C) groups is 1. The van der Waals surface area contributed by atoms with Crippen LogP contribution in [0, 0.1) is 0 Å². The Bertz CT molecular complexity index is 1470. The summed E-state index contributed by atoms with van der Waals surface area (Å²) in [7, 11) is 0. The van der Waals surface area contributed by atoms with Crippen LogP contribution in [0.1, 0.15) is 21.5 Å². The van der Waals surface area contributed by atoms with E-state index < -0.39 is 0 Å². The summed E-state index contributed by atoms with van der Waals surface area (Å²) in [4.78, 5) is 38.8. The quantitative estimate of drug-likeness (QED) is 0.318. The molecule has 8 heteroatoms. The molecule has 1 aromatic heterocycles. The van der Waals surface area contributed by atoms with Gasteiger partial charge in [0.2, 0.25) is 0 Å². The molecule has 1 fully saturated rings. The van der Waals surface area contributed by atoms with Crippen molar-refractivity contribution in [2.45, 2.75) is 0 Å². The van der Waals surface area contributed by atoms with Gasteiger partial charge in [-0.15, -0.1) is 0 Å². The maximum absolute atomic E-state index is 12.8. The Morgan fingerprint density at radius 1 is 0.970 bits per heavy atom. The molecule has 1 aliphatic heterocycles. The first-order valence-corrected chi connectivity index (χ1v) is 11.2. The molecule has 6 nitrogen and oxygen atoms in total. The summed E-state index contributed by atoms with van der Waals surface area (Å²) in [5.74, 6) is -0.448. The van der Waals surface area contributed by atoms with Crippen LogP contribution in [0.15, 0.2) is 89.0 Å². The molecule has 0 spiro atoms. The molecule has 5 rings (SSSR count). The Kier molecular flexibility index (Phi) is 5.73. The third-order valence-electron chi connectivity index (χ3n) is 4.92. The van der Waals surface area contributed by atoms with Gasteiger partial charge in [-0.05, 0) is 47.7 Å². The second-order valence-corrected chi connectivity index (χ2v) is 8.53. The van der Waals surface area contributed by atoms with Crippen molar-refractivity contribution in [2.24, 2.45) is 4.99 Å². The standard InChI is InChI=1S/C25H15ClN4O2S/c26-22-17(23(31)16-5-2-1-3-6-16)7-4-8-19(22)29-25-30-24(32)21(33-25)14-15-9-10-18-20(13-15)28-12-11-27-18/h1-14H,(H,29,30,32)/b21-14+. The minimum absolute atomic E-state index is 0.189. The first-order valence-electron chi connectivity index (χ1n) is 9.97. The highest BCUT2D eigenvalue weighted by Gasteiger charge is 2.24. The average molecular weight is 471 g/mol. The Morgan fingerprint density at radius 3 is 2.58 bits per heavy atom. The van der Waals surface area contributed by atoms with E-state index >= 15 is 0 Å². The van der Waals surface area contributed by atoms with E-state index in [9.17, 15) is 9.59 Å². The first kappa shape index (κ1) is 21.1. The summed E-state index contributed by atoms with van der Waals surface area (Å²) in [5.41, 5.74) is 3.66. The van der Waals surface area contributed by atoms with Crippen molar-refractivity contribution >= 4 is 63.0 Å². The van der Waals surface area contributed by atoms with Crippen LogP contribution in [0.4, 0.5) is 5.69 Å². The third-order valence-corrected chi connectivity index (χ3v) is 6.23. The smallest absolute Gasteiger partial charge is 0.264 e. The molecular formula is C25H15ClN4O2S. The molecule has 0 aliphatic carbocycles. The van der Waals surface area contributed by atoms with Gasteiger partial charge in [0.1, 0.15) is 0 Å². The highest BCUT2D eigenvalue weighted by Crippen LogP contribution is 2.33. The van der Waals surface area contributed by atoms with Crippen LogP contribution >= 0.6 is 23.4 Å². The molecule has 0 bridgehead atoms. The van der Waals surface area contributed by atoms with Crippen molar-refractivity contribution in [1.82, 2.24) is 15.3 Å². The van der Waals surface area contributed by atoms with Gasteiger partial charge in [-0.3, -0.25) is 19.6 Å². The molecule has 33 heavy (non-hydrogen) atoms. The van der Waals surface area contributed by atoms with E-state index in [0.29, 0.717) is 26.9 Å². The van der Waals surface area contributed by atoms with Crippen LogP contribution in [0.3, 0.4) is 0 Å². The fourth-order valence-electron chi connectivity index (χ4n) is 3.34. The number of nitrogens with zero attached hydrogens (tertiary/aromatic N) is 3. The Balaban J connectivity index is 1.42. The number of hydrogen-bond donors (Lipinski definition) is 1. The maximum atomic E-state index is 12.8. The molecular weight excluding hydrogens is 456 g/mol. The number of halogens is 1. The number of rotatable bonds is 4. The first-order chi connectivity index (χ1) is 16.1. The van der Waals surface area contributed by atoms with Crippen molar-refractivity contribution in [3.63, 3.8) is 0 Å².